The number of anilines is 1. The summed E-state index contributed by atoms with van der Waals surface area (Å²) in [5.74, 6) is 0.850. The van der Waals surface area contributed by atoms with E-state index in [1.807, 2.05) is 24.3 Å². The van der Waals surface area contributed by atoms with E-state index in [1.165, 1.54) is 19.3 Å². The number of nitrogens with two attached hydrogens (primary N) is 1. The Morgan fingerprint density at radius 1 is 1.48 bits per heavy atom. The molecule has 0 bridgehead atoms. The third-order valence-electron chi connectivity index (χ3n) is 4.26. The molecule has 1 aliphatic rings. The summed E-state index contributed by atoms with van der Waals surface area (Å²) in [5.41, 5.74) is 6.58. The molecule has 1 saturated carbocycles. The molecular weight excluding hydrogens is 264 g/mol. The minimum atomic E-state index is -0.462. The Balaban J connectivity index is 1.96. The maximum atomic E-state index is 10.8. The van der Waals surface area contributed by atoms with Gasteiger partial charge in [-0.25, -0.2) is 0 Å². The van der Waals surface area contributed by atoms with E-state index in [-0.39, 0.29) is 6.61 Å². The van der Waals surface area contributed by atoms with E-state index in [0.717, 1.165) is 5.69 Å². The largest absolute Gasteiger partial charge is 0.484 e. The molecule has 0 spiro atoms. The van der Waals surface area contributed by atoms with E-state index < -0.39 is 5.91 Å². The molecule has 21 heavy (non-hydrogen) atoms. The summed E-state index contributed by atoms with van der Waals surface area (Å²) in [6.07, 6.45) is 3.66. The number of nitrogens with one attached hydrogen (secondary N) is 1. The predicted molar refractivity (Wildman–Crippen MR) is 85.3 cm³/mol. The minimum Gasteiger partial charge on any atom is -0.484 e. The Morgan fingerprint density at radius 2 is 2.24 bits per heavy atom. The molecular formula is C17H26N2O2. The molecule has 1 aromatic rings. The first kappa shape index (κ1) is 15.7. The van der Waals surface area contributed by atoms with Crippen LogP contribution in [0.15, 0.2) is 24.3 Å². The van der Waals surface area contributed by atoms with Crippen LogP contribution in [0, 0.1) is 11.3 Å². The molecule has 2 rings (SSSR count). The Hall–Kier alpha value is -1.71. The molecule has 0 radical (unpaired) electrons. The van der Waals surface area contributed by atoms with Crippen LogP contribution >= 0.6 is 0 Å². The van der Waals surface area contributed by atoms with Crippen molar-refractivity contribution in [2.75, 3.05) is 11.9 Å². The summed E-state index contributed by atoms with van der Waals surface area (Å²) in [6, 6.07) is 8.21. The molecule has 2 unspecified atom stereocenters. The van der Waals surface area contributed by atoms with Gasteiger partial charge >= 0.3 is 0 Å². The van der Waals surface area contributed by atoms with Crippen molar-refractivity contribution in [3.63, 3.8) is 0 Å². The van der Waals surface area contributed by atoms with Gasteiger partial charge < -0.3 is 15.8 Å². The van der Waals surface area contributed by atoms with E-state index in [0.29, 0.717) is 23.1 Å². The van der Waals surface area contributed by atoms with Crippen molar-refractivity contribution in [3.8, 4) is 5.75 Å². The zero-order valence-corrected chi connectivity index (χ0v) is 13.2. The maximum Gasteiger partial charge on any atom is 0.255 e. The third kappa shape index (κ3) is 4.66. The van der Waals surface area contributed by atoms with Crippen molar-refractivity contribution in [3.05, 3.63) is 24.3 Å². The zero-order valence-electron chi connectivity index (χ0n) is 13.2. The second kappa shape index (κ2) is 6.37. The van der Waals surface area contributed by atoms with Crippen LogP contribution in [0.2, 0.25) is 0 Å². The lowest BCUT2D eigenvalue weighted by atomic mass is 9.70. The second-order valence-corrected chi connectivity index (χ2v) is 6.92. The van der Waals surface area contributed by atoms with Crippen LogP contribution in [-0.2, 0) is 4.79 Å². The highest BCUT2D eigenvalue weighted by atomic mass is 16.5. The van der Waals surface area contributed by atoms with Crippen molar-refractivity contribution in [2.24, 2.45) is 17.1 Å². The SMILES string of the molecule is CC1CC(C)(C)CCC1Nc1cccc(OCC(N)=O)c1. The molecule has 1 fully saturated rings. The van der Waals surface area contributed by atoms with Gasteiger partial charge in [-0.15, -0.1) is 0 Å². The van der Waals surface area contributed by atoms with Gasteiger partial charge in [-0.3, -0.25) is 4.79 Å². The van der Waals surface area contributed by atoms with Gasteiger partial charge in [-0.2, -0.15) is 0 Å². The van der Waals surface area contributed by atoms with Gasteiger partial charge in [0.05, 0.1) is 0 Å². The Labute approximate surface area is 127 Å². The highest BCUT2D eigenvalue weighted by Crippen LogP contribution is 2.39. The van der Waals surface area contributed by atoms with E-state index in [4.69, 9.17) is 10.5 Å². The molecule has 0 saturated heterocycles. The van der Waals surface area contributed by atoms with Gasteiger partial charge in [0.25, 0.3) is 5.91 Å². The summed E-state index contributed by atoms with van der Waals surface area (Å²) in [7, 11) is 0. The van der Waals surface area contributed by atoms with Crippen LogP contribution < -0.4 is 15.8 Å². The lowest BCUT2D eigenvalue weighted by molar-refractivity contribution is -0.119. The number of ether oxygens (including phenoxy) is 1. The lowest BCUT2D eigenvalue weighted by Gasteiger charge is -2.40. The second-order valence-electron chi connectivity index (χ2n) is 6.92. The first-order valence-corrected chi connectivity index (χ1v) is 7.63. The number of primary amides is 1. The number of amides is 1. The topological polar surface area (TPSA) is 64.3 Å². The average Bonchev–Trinajstić information content (AvgIpc) is 2.40. The van der Waals surface area contributed by atoms with E-state index in [1.54, 1.807) is 0 Å². The van der Waals surface area contributed by atoms with Gasteiger partial charge in [-0.05, 0) is 42.7 Å². The Bertz CT molecular complexity index is 499. The van der Waals surface area contributed by atoms with Crippen molar-refractivity contribution < 1.29 is 9.53 Å². The maximum absolute atomic E-state index is 10.8. The number of carbonyl (C=O) groups excluding carboxylic acids is 1. The summed E-state index contributed by atoms with van der Waals surface area (Å²) < 4.78 is 5.34. The van der Waals surface area contributed by atoms with Crippen LogP contribution in [-0.4, -0.2) is 18.6 Å². The molecule has 0 heterocycles. The van der Waals surface area contributed by atoms with Gasteiger partial charge in [0.2, 0.25) is 0 Å². The molecule has 4 nitrogen and oxygen atoms in total. The summed E-state index contributed by atoms with van der Waals surface area (Å²) >= 11 is 0. The number of carbonyl (C=O) groups is 1. The van der Waals surface area contributed by atoms with Crippen molar-refractivity contribution >= 4 is 11.6 Å². The summed E-state index contributed by atoms with van der Waals surface area (Å²) in [4.78, 5) is 10.8. The molecule has 116 valence electrons. The van der Waals surface area contributed by atoms with Gasteiger partial charge in [0.1, 0.15) is 5.75 Å². The molecule has 3 N–H and O–H groups in total. The fourth-order valence-electron chi connectivity index (χ4n) is 3.21. The molecule has 1 amide bonds. The number of rotatable bonds is 5. The quantitative estimate of drug-likeness (QED) is 0.875. The Kier molecular flexibility index (Phi) is 4.76. The average molecular weight is 290 g/mol. The highest BCUT2D eigenvalue weighted by Gasteiger charge is 2.32. The minimum absolute atomic E-state index is 0.0858. The summed E-state index contributed by atoms with van der Waals surface area (Å²) in [5, 5.41) is 3.60. The van der Waals surface area contributed by atoms with E-state index in [2.05, 4.69) is 26.1 Å². The van der Waals surface area contributed by atoms with Crippen LogP contribution in [0.5, 0.6) is 5.75 Å². The normalized spacial score (nSPS) is 24.3. The number of hydrogen-bond donors (Lipinski definition) is 2. The molecule has 0 aliphatic heterocycles. The summed E-state index contributed by atoms with van der Waals surface area (Å²) in [6.45, 7) is 6.92. The van der Waals surface area contributed by atoms with Crippen LogP contribution in [0.3, 0.4) is 0 Å². The molecule has 1 aliphatic carbocycles. The van der Waals surface area contributed by atoms with Crippen molar-refractivity contribution in [1.29, 1.82) is 0 Å². The molecule has 2 atom stereocenters. The predicted octanol–water partition coefficient (Wildman–Crippen LogP) is 3.18. The first-order valence-electron chi connectivity index (χ1n) is 7.63. The molecule has 4 heteroatoms. The monoisotopic (exact) mass is 290 g/mol. The van der Waals surface area contributed by atoms with Gasteiger partial charge in [0, 0.05) is 17.8 Å². The first-order chi connectivity index (χ1) is 9.85. The van der Waals surface area contributed by atoms with Crippen LogP contribution in [0.4, 0.5) is 5.69 Å². The molecule has 1 aromatic carbocycles. The smallest absolute Gasteiger partial charge is 0.255 e. The van der Waals surface area contributed by atoms with E-state index >= 15 is 0 Å². The van der Waals surface area contributed by atoms with Gasteiger partial charge in [-0.1, -0.05) is 26.8 Å². The zero-order chi connectivity index (χ0) is 15.5. The van der Waals surface area contributed by atoms with Crippen LogP contribution in [0.25, 0.3) is 0 Å². The Morgan fingerprint density at radius 3 is 2.90 bits per heavy atom. The standard InChI is InChI=1S/C17H26N2O2/c1-12-10-17(2,3)8-7-15(12)19-13-5-4-6-14(9-13)21-11-16(18)20/h4-6,9,12,15,19H,7-8,10-11H2,1-3H3,(H2,18,20). The fourth-order valence-corrected chi connectivity index (χ4v) is 3.21. The lowest BCUT2D eigenvalue weighted by Crippen LogP contribution is -2.36. The highest BCUT2D eigenvalue weighted by molar-refractivity contribution is 5.75. The van der Waals surface area contributed by atoms with Crippen LogP contribution in [0.1, 0.15) is 40.0 Å². The van der Waals surface area contributed by atoms with Crippen molar-refractivity contribution in [2.45, 2.75) is 46.1 Å². The van der Waals surface area contributed by atoms with Gasteiger partial charge in [0.15, 0.2) is 6.61 Å². The van der Waals surface area contributed by atoms with E-state index in [9.17, 15) is 4.79 Å². The molecule has 0 aromatic heterocycles. The number of benzene rings is 1. The fraction of sp³-hybridized carbons (Fsp3) is 0.588. The third-order valence-corrected chi connectivity index (χ3v) is 4.26. The number of hydrogen-bond acceptors (Lipinski definition) is 3. The van der Waals surface area contributed by atoms with Crippen molar-refractivity contribution in [1.82, 2.24) is 0 Å².